The summed E-state index contributed by atoms with van der Waals surface area (Å²) in [4.78, 5) is 10.8. The minimum atomic E-state index is -3.76. The molecule has 0 fully saturated rings. The van der Waals surface area contributed by atoms with E-state index in [9.17, 15) is 13.2 Å². The van der Waals surface area contributed by atoms with Gasteiger partial charge in [0.25, 0.3) is 0 Å². The Kier molecular flexibility index (Phi) is 5.59. The van der Waals surface area contributed by atoms with Gasteiger partial charge < -0.3 is 9.84 Å². The lowest BCUT2D eigenvalue weighted by Crippen LogP contribution is -2.38. The van der Waals surface area contributed by atoms with Gasteiger partial charge in [0.05, 0.1) is 18.0 Å². The molecule has 0 amide bonds. The smallest absolute Gasteiger partial charge is 0.324 e. The number of anilines is 1. The fourth-order valence-electron chi connectivity index (χ4n) is 1.38. The van der Waals surface area contributed by atoms with Crippen molar-refractivity contribution in [2.24, 2.45) is 0 Å². The lowest BCUT2D eigenvalue weighted by atomic mass is 10.3. The van der Waals surface area contributed by atoms with E-state index in [1.54, 1.807) is 0 Å². The Balaban J connectivity index is 3.07. The molecule has 0 heterocycles. The Morgan fingerprint density at radius 3 is 2.42 bits per heavy atom. The number of carboxylic acids is 1. The summed E-state index contributed by atoms with van der Waals surface area (Å²) in [5.41, 5.74) is 0.253. The second-order valence-corrected chi connectivity index (χ2v) is 6.13. The number of methoxy groups -OCH3 is 1. The van der Waals surface area contributed by atoms with E-state index in [0.29, 0.717) is 5.02 Å². The minimum absolute atomic E-state index is 0.00789. The molecule has 0 unspecified atom stereocenters. The zero-order valence-electron chi connectivity index (χ0n) is 10.2. The topological polar surface area (TPSA) is 83.9 Å². The number of halogens is 1. The van der Waals surface area contributed by atoms with Crippen molar-refractivity contribution in [2.75, 3.05) is 30.3 Å². The van der Waals surface area contributed by atoms with Crippen LogP contribution in [0.2, 0.25) is 5.02 Å². The number of aliphatic carboxylic acids is 1. The second-order valence-electron chi connectivity index (χ2n) is 3.69. The van der Waals surface area contributed by atoms with E-state index in [-0.39, 0.29) is 18.0 Å². The van der Waals surface area contributed by atoms with Crippen LogP contribution < -0.4 is 4.31 Å². The lowest BCUT2D eigenvalue weighted by molar-refractivity contribution is -0.135. The van der Waals surface area contributed by atoms with Crippen LogP contribution in [0.4, 0.5) is 5.69 Å². The van der Waals surface area contributed by atoms with Crippen LogP contribution in [0.3, 0.4) is 0 Å². The van der Waals surface area contributed by atoms with Crippen LogP contribution in [0.5, 0.6) is 0 Å². The number of nitrogens with zero attached hydrogens (tertiary/aromatic N) is 1. The van der Waals surface area contributed by atoms with E-state index in [0.717, 1.165) is 4.31 Å². The van der Waals surface area contributed by atoms with Crippen molar-refractivity contribution >= 4 is 33.3 Å². The molecule has 0 radical (unpaired) electrons. The van der Waals surface area contributed by atoms with Crippen molar-refractivity contribution in [3.63, 3.8) is 0 Å². The molecule has 8 heteroatoms. The monoisotopic (exact) mass is 307 g/mol. The van der Waals surface area contributed by atoms with Gasteiger partial charge in [0.15, 0.2) is 0 Å². The van der Waals surface area contributed by atoms with Crippen LogP contribution in [0.15, 0.2) is 24.3 Å². The molecule has 0 aliphatic rings. The predicted molar refractivity (Wildman–Crippen MR) is 72.1 cm³/mol. The quantitative estimate of drug-likeness (QED) is 0.818. The average Bonchev–Trinajstić information content (AvgIpc) is 2.34. The molecule has 1 rings (SSSR count). The largest absolute Gasteiger partial charge is 0.480 e. The third kappa shape index (κ3) is 4.70. The van der Waals surface area contributed by atoms with Crippen molar-refractivity contribution in [1.82, 2.24) is 0 Å². The molecule has 0 aliphatic carbocycles. The molecule has 0 saturated heterocycles. The number of ether oxygens (including phenoxy) is 1. The van der Waals surface area contributed by atoms with Crippen LogP contribution in [0, 0.1) is 0 Å². The molecular weight excluding hydrogens is 294 g/mol. The van der Waals surface area contributed by atoms with Gasteiger partial charge in [-0.2, -0.15) is 0 Å². The number of carbonyl (C=O) groups is 1. The normalized spacial score (nSPS) is 11.3. The van der Waals surface area contributed by atoms with Crippen LogP contribution in [-0.4, -0.2) is 45.5 Å². The molecule has 106 valence electrons. The highest BCUT2D eigenvalue weighted by atomic mass is 35.5. The first kappa shape index (κ1) is 15.7. The summed E-state index contributed by atoms with van der Waals surface area (Å²) in [5.74, 6) is -1.53. The molecule has 1 aromatic carbocycles. The van der Waals surface area contributed by atoms with Gasteiger partial charge in [0.2, 0.25) is 10.0 Å². The van der Waals surface area contributed by atoms with Crippen molar-refractivity contribution in [1.29, 1.82) is 0 Å². The molecule has 6 nitrogen and oxygen atoms in total. The third-order valence-electron chi connectivity index (χ3n) is 2.27. The first-order valence-corrected chi connectivity index (χ1v) is 7.32. The van der Waals surface area contributed by atoms with E-state index in [1.807, 2.05) is 0 Å². The van der Waals surface area contributed by atoms with E-state index < -0.39 is 22.5 Å². The van der Waals surface area contributed by atoms with Crippen LogP contribution >= 0.6 is 11.6 Å². The second kappa shape index (κ2) is 6.74. The van der Waals surface area contributed by atoms with Crippen LogP contribution in [-0.2, 0) is 19.6 Å². The fraction of sp³-hybridized carbons (Fsp3) is 0.364. The van der Waals surface area contributed by atoms with Crippen LogP contribution in [0.25, 0.3) is 0 Å². The van der Waals surface area contributed by atoms with Crippen molar-refractivity contribution in [3.05, 3.63) is 29.3 Å². The van der Waals surface area contributed by atoms with Gasteiger partial charge >= 0.3 is 5.97 Å². The maximum Gasteiger partial charge on any atom is 0.324 e. The van der Waals surface area contributed by atoms with E-state index >= 15 is 0 Å². The highest BCUT2D eigenvalue weighted by molar-refractivity contribution is 7.92. The van der Waals surface area contributed by atoms with Gasteiger partial charge in [-0.1, -0.05) is 11.6 Å². The van der Waals surface area contributed by atoms with Gasteiger partial charge in [-0.05, 0) is 24.3 Å². The maximum atomic E-state index is 12.1. The zero-order chi connectivity index (χ0) is 14.5. The third-order valence-corrected chi connectivity index (χ3v) is 4.22. The Labute approximate surface area is 116 Å². The summed E-state index contributed by atoms with van der Waals surface area (Å²) in [5, 5.41) is 9.26. The lowest BCUT2D eigenvalue weighted by Gasteiger charge is -2.22. The number of carboxylic acid groups (broad SMARTS) is 1. The van der Waals surface area contributed by atoms with Gasteiger partial charge in [0.1, 0.15) is 6.54 Å². The molecule has 0 aromatic heterocycles. The summed E-state index contributed by atoms with van der Waals surface area (Å²) in [6, 6.07) is 5.90. The van der Waals surface area contributed by atoms with Gasteiger partial charge in [0, 0.05) is 12.1 Å². The zero-order valence-corrected chi connectivity index (χ0v) is 11.8. The first-order valence-electron chi connectivity index (χ1n) is 5.33. The molecular formula is C11H14ClNO5S. The van der Waals surface area contributed by atoms with Crippen molar-refractivity contribution in [3.8, 4) is 0 Å². The summed E-state index contributed by atoms with van der Waals surface area (Å²) < 4.78 is 29.7. The Hall–Kier alpha value is -1.31. The fourth-order valence-corrected chi connectivity index (χ4v) is 2.85. The SMILES string of the molecule is COCCS(=O)(=O)N(CC(=O)O)c1ccc(Cl)cc1. The minimum Gasteiger partial charge on any atom is -0.480 e. The number of hydrogen-bond acceptors (Lipinski definition) is 4. The maximum absolute atomic E-state index is 12.1. The average molecular weight is 308 g/mol. The summed E-state index contributed by atoms with van der Waals surface area (Å²) in [6.45, 7) is -0.653. The Bertz CT molecular complexity index is 529. The number of rotatable bonds is 7. The Morgan fingerprint density at radius 1 is 1.37 bits per heavy atom. The molecule has 0 atom stereocenters. The molecule has 0 saturated carbocycles. The molecule has 0 bridgehead atoms. The summed E-state index contributed by atoms with van der Waals surface area (Å²) >= 11 is 5.72. The standard InChI is InChI=1S/C11H14ClNO5S/c1-18-6-7-19(16,17)13(8-11(14)15)10-4-2-9(12)3-5-10/h2-5H,6-8H2,1H3,(H,14,15). The van der Waals surface area contributed by atoms with Gasteiger partial charge in [-0.15, -0.1) is 0 Å². The van der Waals surface area contributed by atoms with Crippen molar-refractivity contribution < 1.29 is 23.1 Å². The highest BCUT2D eigenvalue weighted by Gasteiger charge is 2.24. The molecule has 1 aromatic rings. The summed E-state index contributed by atoms with van der Waals surface area (Å²) in [6.07, 6.45) is 0. The van der Waals surface area contributed by atoms with E-state index in [2.05, 4.69) is 0 Å². The number of benzene rings is 1. The van der Waals surface area contributed by atoms with Gasteiger partial charge in [-0.3, -0.25) is 9.10 Å². The predicted octanol–water partition coefficient (Wildman–Crippen LogP) is 1.21. The van der Waals surface area contributed by atoms with Gasteiger partial charge in [-0.25, -0.2) is 8.42 Å². The molecule has 0 aliphatic heterocycles. The number of sulfonamides is 1. The highest BCUT2D eigenvalue weighted by Crippen LogP contribution is 2.21. The van der Waals surface area contributed by atoms with Crippen LogP contribution in [0.1, 0.15) is 0 Å². The molecule has 1 N–H and O–H groups in total. The molecule has 0 spiro atoms. The summed E-state index contributed by atoms with van der Waals surface area (Å²) in [7, 11) is -2.39. The Morgan fingerprint density at radius 2 is 1.95 bits per heavy atom. The van der Waals surface area contributed by atoms with E-state index in [4.69, 9.17) is 21.4 Å². The number of hydrogen-bond donors (Lipinski definition) is 1. The first-order chi connectivity index (χ1) is 8.86. The van der Waals surface area contributed by atoms with E-state index in [1.165, 1.54) is 31.4 Å². The molecule has 19 heavy (non-hydrogen) atoms. The van der Waals surface area contributed by atoms with Crippen molar-refractivity contribution in [2.45, 2.75) is 0 Å².